The molecule has 0 aromatic carbocycles. The third-order valence-corrected chi connectivity index (χ3v) is 5.46. The van der Waals surface area contributed by atoms with Gasteiger partial charge in [0.05, 0.1) is 29.8 Å². The molecule has 3 heterocycles. The van der Waals surface area contributed by atoms with Crippen molar-refractivity contribution >= 4 is 6.08 Å². The van der Waals surface area contributed by atoms with Gasteiger partial charge >= 0.3 is 0 Å². The van der Waals surface area contributed by atoms with E-state index >= 15 is 0 Å². The average Bonchev–Trinajstić information content (AvgIpc) is 3.35. The topological polar surface area (TPSA) is 111 Å². The minimum atomic E-state index is -0.947. The van der Waals surface area contributed by atoms with E-state index in [0.29, 0.717) is 12.2 Å². The van der Waals surface area contributed by atoms with Gasteiger partial charge in [-0.1, -0.05) is 6.08 Å². The number of aromatic amines is 1. The third kappa shape index (κ3) is 4.16. The Balaban J connectivity index is 1.65. The zero-order chi connectivity index (χ0) is 22.1. The number of hydrogen-bond acceptors (Lipinski definition) is 7. The highest BCUT2D eigenvalue weighted by Gasteiger charge is 2.24. The van der Waals surface area contributed by atoms with E-state index in [-0.39, 0.29) is 18.2 Å². The highest BCUT2D eigenvalue weighted by Crippen LogP contribution is 2.30. The summed E-state index contributed by atoms with van der Waals surface area (Å²) in [5.74, 6) is 0.547. The molecule has 0 saturated carbocycles. The molecule has 3 atom stereocenters. The number of aliphatic hydroxyl groups is 1. The summed E-state index contributed by atoms with van der Waals surface area (Å²) < 4.78 is 12.7. The quantitative estimate of drug-likeness (QED) is 0.561. The van der Waals surface area contributed by atoms with Crippen LogP contribution in [0.15, 0.2) is 24.5 Å². The van der Waals surface area contributed by atoms with Crippen molar-refractivity contribution in [2.45, 2.75) is 58.7 Å². The first-order valence-electron chi connectivity index (χ1n) is 10.4. The van der Waals surface area contributed by atoms with E-state index in [9.17, 15) is 5.11 Å². The fourth-order valence-corrected chi connectivity index (χ4v) is 3.85. The van der Waals surface area contributed by atoms with Gasteiger partial charge in [-0.05, 0) is 39.8 Å². The first-order valence-corrected chi connectivity index (χ1v) is 10.4. The molecule has 1 aliphatic carbocycles. The maximum atomic E-state index is 10.0. The maximum absolute atomic E-state index is 10.0. The van der Waals surface area contributed by atoms with Gasteiger partial charge in [0.1, 0.15) is 11.7 Å². The lowest BCUT2D eigenvalue weighted by Crippen LogP contribution is -2.24. The predicted octanol–water partition coefficient (Wildman–Crippen LogP) is 2.93. The van der Waals surface area contributed by atoms with Gasteiger partial charge < -0.3 is 14.6 Å². The van der Waals surface area contributed by atoms with Gasteiger partial charge in [-0.2, -0.15) is 10.2 Å². The zero-order valence-electron chi connectivity index (χ0n) is 18.4. The van der Waals surface area contributed by atoms with Crippen LogP contribution in [0.4, 0.5) is 0 Å². The lowest BCUT2D eigenvalue weighted by Gasteiger charge is -2.20. The molecule has 2 N–H and O–H groups in total. The highest BCUT2D eigenvalue weighted by atomic mass is 16.6. The van der Waals surface area contributed by atoms with Gasteiger partial charge in [-0.25, -0.2) is 9.97 Å². The number of nitrogens with one attached hydrogen (secondary N) is 1. The van der Waals surface area contributed by atoms with Crippen LogP contribution in [0.3, 0.4) is 0 Å². The first-order chi connectivity index (χ1) is 14.9. The number of aromatic nitrogens is 6. The van der Waals surface area contributed by atoms with Crippen molar-refractivity contribution in [3.8, 4) is 22.8 Å². The number of methoxy groups -OCH3 is 1. The Bertz CT molecular complexity index is 1090. The smallest absolute Gasteiger partial charge is 0.180 e. The minimum Gasteiger partial charge on any atom is -0.371 e. The number of ether oxygens (including phenoxy) is 2. The Morgan fingerprint density at radius 1 is 1.29 bits per heavy atom. The fraction of sp³-hybridized carbons (Fsp3) is 0.455. The molecule has 0 aliphatic heterocycles. The summed E-state index contributed by atoms with van der Waals surface area (Å²) in [4.78, 5) is 9.24. The van der Waals surface area contributed by atoms with Gasteiger partial charge in [0.2, 0.25) is 0 Å². The first kappa shape index (κ1) is 21.4. The number of H-pyrrole nitrogens is 1. The van der Waals surface area contributed by atoms with Crippen molar-refractivity contribution in [2.24, 2.45) is 0 Å². The van der Waals surface area contributed by atoms with Crippen molar-refractivity contribution in [2.75, 3.05) is 7.11 Å². The highest BCUT2D eigenvalue weighted by molar-refractivity contribution is 5.68. The average molecular weight is 425 g/mol. The van der Waals surface area contributed by atoms with Crippen LogP contribution in [0.25, 0.3) is 28.9 Å². The summed E-state index contributed by atoms with van der Waals surface area (Å²) in [5.41, 5.74) is 5.22. The van der Waals surface area contributed by atoms with Crippen molar-refractivity contribution in [3.63, 3.8) is 0 Å². The second-order valence-electron chi connectivity index (χ2n) is 7.97. The molecular weight excluding hydrogens is 396 g/mol. The van der Waals surface area contributed by atoms with Crippen LogP contribution >= 0.6 is 0 Å². The molecule has 31 heavy (non-hydrogen) atoms. The molecule has 9 nitrogen and oxygen atoms in total. The van der Waals surface area contributed by atoms with E-state index < -0.39 is 6.29 Å². The monoisotopic (exact) mass is 424 g/mol. The van der Waals surface area contributed by atoms with Gasteiger partial charge in [0.15, 0.2) is 12.1 Å². The molecule has 0 amide bonds. The number of fused-ring (bicyclic) bond motifs is 1. The van der Waals surface area contributed by atoms with E-state index in [1.165, 1.54) is 7.11 Å². The summed E-state index contributed by atoms with van der Waals surface area (Å²) in [7, 11) is 1.47. The molecule has 1 aliphatic rings. The molecule has 0 spiro atoms. The zero-order valence-corrected chi connectivity index (χ0v) is 18.4. The van der Waals surface area contributed by atoms with Crippen LogP contribution in [0, 0.1) is 6.92 Å². The SMILES string of the molecule is COC(O)C(C)n1ncc(-c2ccnc(-c3n[nH]c4c3CC(OC(C)C)C=C4)n2)c1C. The van der Waals surface area contributed by atoms with E-state index in [1.54, 1.807) is 17.1 Å². The number of nitrogens with zero attached hydrogens (tertiary/aromatic N) is 5. The van der Waals surface area contributed by atoms with Crippen molar-refractivity contribution in [3.05, 3.63) is 41.5 Å². The van der Waals surface area contributed by atoms with Crippen LogP contribution in [-0.2, 0) is 15.9 Å². The standard InChI is InChI=1S/C22H28N6O3/c1-12(2)31-15-6-7-19-16(10-15)20(27-26-19)21-23-9-8-18(25-21)17-11-24-28(13(17)3)14(4)22(29)30-5/h6-9,11-12,14-15,22,29H,10H2,1-5H3,(H,26,27). The summed E-state index contributed by atoms with van der Waals surface area (Å²) >= 11 is 0. The molecule has 4 rings (SSSR count). The molecular formula is C22H28N6O3. The molecule has 0 bridgehead atoms. The van der Waals surface area contributed by atoms with Crippen LogP contribution in [0.2, 0.25) is 0 Å². The van der Waals surface area contributed by atoms with Crippen LogP contribution < -0.4 is 0 Å². The Kier molecular flexibility index (Phi) is 5.99. The Morgan fingerprint density at radius 2 is 2.10 bits per heavy atom. The molecule has 0 fully saturated rings. The van der Waals surface area contributed by atoms with Crippen molar-refractivity contribution in [1.82, 2.24) is 29.9 Å². The van der Waals surface area contributed by atoms with E-state index in [4.69, 9.17) is 14.5 Å². The summed E-state index contributed by atoms with van der Waals surface area (Å²) in [6.07, 6.45) is 7.44. The summed E-state index contributed by atoms with van der Waals surface area (Å²) in [5, 5.41) is 22.0. The number of aliphatic hydroxyl groups excluding tert-OH is 1. The van der Waals surface area contributed by atoms with Gasteiger partial charge in [0.25, 0.3) is 0 Å². The lowest BCUT2D eigenvalue weighted by atomic mass is 9.99. The van der Waals surface area contributed by atoms with Gasteiger partial charge in [0, 0.05) is 36.5 Å². The molecule has 9 heteroatoms. The van der Waals surface area contributed by atoms with Crippen LogP contribution in [-0.4, -0.2) is 60.7 Å². The molecule has 3 aromatic rings. The molecule has 3 aromatic heterocycles. The largest absolute Gasteiger partial charge is 0.371 e. The van der Waals surface area contributed by atoms with Crippen LogP contribution in [0.1, 0.15) is 43.8 Å². The normalized spacial score (nSPS) is 17.7. The Hall–Kier alpha value is -2.88. The minimum absolute atomic E-state index is 0.00112. The van der Waals surface area contributed by atoms with Crippen molar-refractivity contribution < 1.29 is 14.6 Å². The molecule has 3 unspecified atom stereocenters. The summed E-state index contributed by atoms with van der Waals surface area (Å²) in [6, 6.07) is 1.52. The Labute approximate surface area is 181 Å². The maximum Gasteiger partial charge on any atom is 0.180 e. The fourth-order valence-electron chi connectivity index (χ4n) is 3.85. The van der Waals surface area contributed by atoms with E-state index in [2.05, 4.69) is 26.4 Å². The summed E-state index contributed by atoms with van der Waals surface area (Å²) in [6.45, 7) is 7.85. The van der Waals surface area contributed by atoms with Crippen LogP contribution in [0.5, 0.6) is 0 Å². The Morgan fingerprint density at radius 3 is 2.84 bits per heavy atom. The number of rotatable bonds is 7. The van der Waals surface area contributed by atoms with Crippen molar-refractivity contribution in [1.29, 1.82) is 0 Å². The van der Waals surface area contributed by atoms with E-state index in [0.717, 1.165) is 33.9 Å². The number of hydrogen-bond donors (Lipinski definition) is 2. The van der Waals surface area contributed by atoms with Gasteiger partial charge in [-0.15, -0.1) is 0 Å². The molecule has 0 radical (unpaired) electrons. The lowest BCUT2D eigenvalue weighted by molar-refractivity contribution is -0.105. The third-order valence-electron chi connectivity index (χ3n) is 5.46. The molecule has 164 valence electrons. The molecule has 0 saturated heterocycles. The second kappa shape index (κ2) is 8.70. The van der Waals surface area contributed by atoms with E-state index in [1.807, 2.05) is 39.8 Å². The van der Waals surface area contributed by atoms with Gasteiger partial charge in [-0.3, -0.25) is 9.78 Å². The predicted molar refractivity (Wildman–Crippen MR) is 116 cm³/mol. The second-order valence-corrected chi connectivity index (χ2v) is 7.97.